The van der Waals surface area contributed by atoms with Gasteiger partial charge in [0.2, 0.25) is 0 Å². The van der Waals surface area contributed by atoms with Crippen LogP contribution in [0.4, 0.5) is 0 Å². The van der Waals surface area contributed by atoms with Gasteiger partial charge in [-0.25, -0.2) is 4.79 Å². The molecule has 6 aliphatic rings. The van der Waals surface area contributed by atoms with Gasteiger partial charge in [-0.15, -0.1) is 0 Å². The SMILES string of the molecule is CCN1C[C@]2(COC)[C@H](O)CC(OC)C34[C@@H]5C[C@@]6(O)[C@H](OC(=O)c7ccccc7)[C@@H]5[C@](OC(C)=O)([C@@H]([C@H](OC)[C@@H]32)[C@H]14)[C@@H](O)[C@H]6OC. The fourth-order valence-electron chi connectivity index (χ4n) is 12.3. The van der Waals surface area contributed by atoms with Gasteiger partial charge in [0, 0.05) is 83.0 Å². The molecule has 12 heteroatoms. The molecule has 1 spiro atoms. The third-order valence-corrected chi connectivity index (χ3v) is 13.2. The molecule has 1 aliphatic heterocycles. The zero-order valence-corrected chi connectivity index (χ0v) is 27.3. The lowest BCUT2D eigenvalue weighted by molar-refractivity contribution is -0.322. The quantitative estimate of drug-likeness (QED) is 0.323. The predicted molar refractivity (Wildman–Crippen MR) is 160 cm³/mol. The van der Waals surface area contributed by atoms with E-state index in [0.717, 1.165) is 0 Å². The maximum atomic E-state index is 13.8. The van der Waals surface area contributed by atoms with Gasteiger partial charge >= 0.3 is 11.9 Å². The number of hydrogen-bond acceptors (Lipinski definition) is 12. The molecule has 12 nitrogen and oxygen atoms in total. The molecule has 0 aromatic heterocycles. The summed E-state index contributed by atoms with van der Waals surface area (Å²) in [6.07, 6.45) is -5.49. The van der Waals surface area contributed by atoms with E-state index in [1.54, 1.807) is 51.7 Å². The van der Waals surface area contributed by atoms with Crippen LogP contribution in [-0.2, 0) is 33.2 Å². The highest BCUT2D eigenvalue weighted by Crippen LogP contribution is 2.80. The minimum atomic E-state index is -1.83. The van der Waals surface area contributed by atoms with Crippen LogP contribution in [0.15, 0.2) is 30.3 Å². The summed E-state index contributed by atoms with van der Waals surface area (Å²) in [6.45, 7) is 4.68. The second-order valence-electron chi connectivity index (χ2n) is 14.4. The van der Waals surface area contributed by atoms with E-state index in [2.05, 4.69) is 4.90 Å². The number of piperidine rings is 1. The van der Waals surface area contributed by atoms with E-state index in [4.69, 9.17) is 28.4 Å². The van der Waals surface area contributed by atoms with Crippen molar-refractivity contribution in [1.29, 1.82) is 0 Å². The summed E-state index contributed by atoms with van der Waals surface area (Å²) in [5, 5.41) is 37.3. The largest absolute Gasteiger partial charge is 0.455 e. The zero-order chi connectivity index (χ0) is 33.0. The van der Waals surface area contributed by atoms with E-state index in [9.17, 15) is 24.9 Å². The van der Waals surface area contributed by atoms with Gasteiger partial charge < -0.3 is 43.7 Å². The second-order valence-corrected chi connectivity index (χ2v) is 14.4. The lowest BCUT2D eigenvalue weighted by atomic mass is 9.42. The molecule has 1 saturated heterocycles. The molecule has 0 amide bonds. The highest BCUT2D eigenvalue weighted by Gasteiger charge is 2.92. The van der Waals surface area contributed by atoms with Crippen molar-refractivity contribution < 1.29 is 53.3 Å². The second kappa shape index (κ2) is 10.9. The standard InChI is InChI=1S/C34H47NO11/c1-7-35-15-31(16-41-3)20(37)13-21(42-4)33-19-14-32(40)28(45-30(39)18-11-9-8-10-12-18)22(19)34(46-17(2)36,27(38)29(32)44-6)23(26(33)35)24(43-5)25(31)33/h8-12,19-29,37-38,40H,7,13-16H2,1-6H3/t19-,20-,21?,22-,23+,24+,25-,26+,27+,28-,29-,31+,32-,33?,34+/m1/s1. The number of aliphatic hydroxyl groups excluding tert-OH is 2. The van der Waals surface area contributed by atoms with Crippen LogP contribution in [0.2, 0.25) is 0 Å². The molecule has 6 fully saturated rings. The summed E-state index contributed by atoms with van der Waals surface area (Å²) in [4.78, 5) is 29.3. The number of rotatable bonds is 9. The van der Waals surface area contributed by atoms with Gasteiger partial charge in [-0.2, -0.15) is 0 Å². The molecule has 254 valence electrons. The molecule has 7 rings (SSSR count). The Morgan fingerprint density at radius 1 is 1.00 bits per heavy atom. The Labute approximate surface area is 269 Å². The number of fused-ring (bicyclic) bond motifs is 2. The Kier molecular flexibility index (Phi) is 7.69. The Balaban J connectivity index is 1.53. The third-order valence-electron chi connectivity index (χ3n) is 13.2. The van der Waals surface area contributed by atoms with E-state index in [-0.39, 0.29) is 25.0 Å². The predicted octanol–water partition coefficient (Wildman–Crippen LogP) is 0.648. The van der Waals surface area contributed by atoms with Gasteiger partial charge in [0.05, 0.1) is 30.5 Å². The number of carbonyl (C=O) groups is 2. The summed E-state index contributed by atoms with van der Waals surface area (Å²) in [7, 11) is 6.27. The zero-order valence-electron chi connectivity index (χ0n) is 27.3. The van der Waals surface area contributed by atoms with Gasteiger partial charge in [0.25, 0.3) is 0 Å². The minimum Gasteiger partial charge on any atom is -0.455 e. The first-order valence-electron chi connectivity index (χ1n) is 16.3. The number of benzene rings is 1. The van der Waals surface area contributed by atoms with Crippen LogP contribution < -0.4 is 0 Å². The van der Waals surface area contributed by atoms with Crippen molar-refractivity contribution in [2.75, 3.05) is 48.1 Å². The number of ether oxygens (including phenoxy) is 6. The summed E-state index contributed by atoms with van der Waals surface area (Å²) in [5.74, 6) is -3.65. The Hall–Kier alpha value is -2.16. The molecular formula is C34H47NO11. The van der Waals surface area contributed by atoms with E-state index in [1.165, 1.54) is 14.0 Å². The maximum absolute atomic E-state index is 13.8. The van der Waals surface area contributed by atoms with Crippen molar-refractivity contribution in [2.24, 2.45) is 34.5 Å². The summed E-state index contributed by atoms with van der Waals surface area (Å²) >= 11 is 0. The third kappa shape index (κ3) is 3.62. The van der Waals surface area contributed by atoms with Gasteiger partial charge in [0.1, 0.15) is 23.9 Å². The average molecular weight is 646 g/mol. The summed E-state index contributed by atoms with van der Waals surface area (Å²) in [5.41, 5.74) is -4.79. The van der Waals surface area contributed by atoms with Crippen molar-refractivity contribution in [3.63, 3.8) is 0 Å². The molecule has 5 saturated carbocycles. The monoisotopic (exact) mass is 645 g/mol. The molecule has 15 atom stereocenters. The van der Waals surface area contributed by atoms with Gasteiger partial charge in [-0.1, -0.05) is 25.1 Å². The van der Waals surface area contributed by atoms with Crippen molar-refractivity contribution in [3.8, 4) is 0 Å². The van der Waals surface area contributed by atoms with Crippen LogP contribution in [0, 0.1) is 34.5 Å². The Morgan fingerprint density at radius 2 is 1.72 bits per heavy atom. The summed E-state index contributed by atoms with van der Waals surface area (Å²) < 4.78 is 37.4. The van der Waals surface area contributed by atoms with Crippen LogP contribution in [-0.4, -0.2) is 134 Å². The topological polar surface area (TPSA) is 153 Å². The van der Waals surface area contributed by atoms with Crippen molar-refractivity contribution >= 4 is 11.9 Å². The normalized spacial score (nSPS) is 49.9. The van der Waals surface area contributed by atoms with Gasteiger partial charge in [-0.3, -0.25) is 9.69 Å². The van der Waals surface area contributed by atoms with Crippen molar-refractivity contribution in [2.45, 2.75) is 80.6 Å². The van der Waals surface area contributed by atoms with Crippen molar-refractivity contribution in [3.05, 3.63) is 35.9 Å². The number of likely N-dealkylation sites (tertiary alicyclic amines) is 1. The number of carbonyl (C=O) groups excluding carboxylic acids is 2. The van der Waals surface area contributed by atoms with Gasteiger partial charge in [-0.05, 0) is 31.0 Å². The average Bonchev–Trinajstić information content (AvgIpc) is 3.41. The number of esters is 2. The Morgan fingerprint density at radius 3 is 2.30 bits per heavy atom. The highest BCUT2D eigenvalue weighted by atomic mass is 16.6. The fourth-order valence-corrected chi connectivity index (χ4v) is 12.3. The molecule has 2 unspecified atom stereocenters. The van der Waals surface area contributed by atoms with E-state index < -0.39 is 88.3 Å². The number of methoxy groups -OCH3 is 4. The molecule has 5 aliphatic carbocycles. The van der Waals surface area contributed by atoms with E-state index >= 15 is 0 Å². The maximum Gasteiger partial charge on any atom is 0.338 e. The number of hydrogen-bond donors (Lipinski definition) is 3. The first-order valence-corrected chi connectivity index (χ1v) is 16.3. The number of nitrogens with zero attached hydrogens (tertiary/aromatic N) is 1. The molecule has 1 aromatic carbocycles. The van der Waals surface area contributed by atoms with E-state index in [1.807, 2.05) is 6.92 Å². The molecule has 1 heterocycles. The molecule has 46 heavy (non-hydrogen) atoms. The first-order chi connectivity index (χ1) is 22.0. The molecule has 0 radical (unpaired) electrons. The first kappa shape index (κ1) is 32.4. The van der Waals surface area contributed by atoms with Crippen LogP contribution in [0.3, 0.4) is 0 Å². The smallest absolute Gasteiger partial charge is 0.338 e. The summed E-state index contributed by atoms with van der Waals surface area (Å²) in [6, 6.07) is 8.18. The van der Waals surface area contributed by atoms with Crippen LogP contribution >= 0.6 is 0 Å². The van der Waals surface area contributed by atoms with Crippen LogP contribution in [0.5, 0.6) is 0 Å². The lowest BCUT2D eigenvalue weighted by Gasteiger charge is -2.70. The Bertz CT molecular complexity index is 1360. The minimum absolute atomic E-state index is 0.0791. The molecular weight excluding hydrogens is 598 g/mol. The van der Waals surface area contributed by atoms with Crippen LogP contribution in [0.25, 0.3) is 0 Å². The van der Waals surface area contributed by atoms with E-state index in [0.29, 0.717) is 25.1 Å². The lowest BCUT2D eigenvalue weighted by Crippen LogP contribution is -2.81. The van der Waals surface area contributed by atoms with Crippen molar-refractivity contribution in [1.82, 2.24) is 4.90 Å². The van der Waals surface area contributed by atoms with Gasteiger partial charge in [0.15, 0.2) is 5.60 Å². The highest BCUT2D eigenvalue weighted by molar-refractivity contribution is 5.89. The molecule has 3 N–H and O–H groups in total. The van der Waals surface area contributed by atoms with Crippen LogP contribution in [0.1, 0.15) is 37.0 Å². The number of aliphatic hydroxyl groups is 3. The fraction of sp³-hybridized carbons (Fsp3) is 0.765. The molecule has 7 bridgehead atoms. The molecule has 1 aromatic rings.